The van der Waals surface area contributed by atoms with Crippen LogP contribution in [0.1, 0.15) is 0 Å². The number of H-pyrrole nitrogens is 1. The average molecular weight is 252 g/mol. The Morgan fingerprint density at radius 1 is 1.29 bits per heavy atom. The Labute approximate surface area is 98.8 Å². The minimum absolute atomic E-state index is 0.290. The van der Waals surface area contributed by atoms with Gasteiger partial charge in [0, 0.05) is 6.26 Å². The number of nitrogens with one attached hydrogen (secondary N) is 2. The molecular formula is C10H12N4O2S. The number of benzene rings is 1. The predicted molar refractivity (Wildman–Crippen MR) is 64.9 cm³/mol. The van der Waals surface area contributed by atoms with Gasteiger partial charge in [-0.25, -0.2) is 19.2 Å². The zero-order chi connectivity index (χ0) is 12.5. The molecule has 0 atom stereocenters. The van der Waals surface area contributed by atoms with E-state index in [1.807, 2.05) is 0 Å². The van der Waals surface area contributed by atoms with Gasteiger partial charge in [0.1, 0.15) is 0 Å². The quantitative estimate of drug-likeness (QED) is 0.553. The molecule has 0 saturated heterocycles. The van der Waals surface area contributed by atoms with Crippen LogP contribution in [-0.2, 0) is 9.84 Å². The first-order valence-electron chi connectivity index (χ1n) is 4.83. The number of nitrogens with two attached hydrogens (primary N) is 1. The molecule has 0 spiro atoms. The van der Waals surface area contributed by atoms with Gasteiger partial charge in [0.25, 0.3) is 0 Å². The van der Waals surface area contributed by atoms with Crippen molar-refractivity contribution < 1.29 is 8.42 Å². The normalized spacial score (nSPS) is 11.4. The van der Waals surface area contributed by atoms with E-state index in [4.69, 9.17) is 5.84 Å². The third-order valence-corrected chi connectivity index (χ3v) is 3.43. The van der Waals surface area contributed by atoms with Crippen molar-refractivity contribution in [2.24, 2.45) is 5.84 Å². The maximum absolute atomic E-state index is 11.3. The number of anilines is 1. The van der Waals surface area contributed by atoms with Crippen LogP contribution in [0.2, 0.25) is 0 Å². The molecule has 0 aliphatic rings. The highest BCUT2D eigenvalue weighted by Crippen LogP contribution is 2.20. The fourth-order valence-corrected chi connectivity index (χ4v) is 2.05. The number of rotatable bonds is 3. The number of nitrogen functional groups attached to an aromatic ring is 1. The molecule has 7 heteroatoms. The highest BCUT2D eigenvalue weighted by molar-refractivity contribution is 7.90. The SMILES string of the molecule is CS(=O)(=O)c1ccc(-c2cnc(NN)[nH]2)cc1. The molecule has 0 radical (unpaired) electrons. The molecule has 90 valence electrons. The van der Waals surface area contributed by atoms with Crippen LogP contribution >= 0.6 is 0 Å². The number of sulfone groups is 1. The lowest BCUT2D eigenvalue weighted by atomic mass is 10.2. The van der Waals surface area contributed by atoms with Gasteiger partial charge in [0.15, 0.2) is 9.84 Å². The molecule has 1 heterocycles. The average Bonchev–Trinajstić information content (AvgIpc) is 2.76. The molecule has 0 unspecified atom stereocenters. The van der Waals surface area contributed by atoms with Gasteiger partial charge in [-0.05, 0) is 17.7 Å². The van der Waals surface area contributed by atoms with Crippen LogP contribution in [0.15, 0.2) is 35.4 Å². The van der Waals surface area contributed by atoms with Crippen molar-refractivity contribution in [1.82, 2.24) is 9.97 Å². The summed E-state index contributed by atoms with van der Waals surface area (Å²) in [6.07, 6.45) is 2.79. The molecule has 4 N–H and O–H groups in total. The summed E-state index contributed by atoms with van der Waals surface area (Å²) in [5.41, 5.74) is 3.99. The van der Waals surface area contributed by atoms with E-state index in [-0.39, 0.29) is 4.90 Å². The van der Waals surface area contributed by atoms with Crippen LogP contribution < -0.4 is 11.3 Å². The summed E-state index contributed by atoms with van der Waals surface area (Å²) in [4.78, 5) is 7.20. The number of hydrazine groups is 1. The monoisotopic (exact) mass is 252 g/mol. The van der Waals surface area contributed by atoms with Crippen LogP contribution in [0.3, 0.4) is 0 Å². The Hall–Kier alpha value is -1.86. The van der Waals surface area contributed by atoms with Gasteiger partial charge >= 0.3 is 0 Å². The van der Waals surface area contributed by atoms with Crippen molar-refractivity contribution in [3.05, 3.63) is 30.5 Å². The van der Waals surface area contributed by atoms with E-state index in [1.165, 1.54) is 6.26 Å². The van der Waals surface area contributed by atoms with E-state index < -0.39 is 9.84 Å². The molecular weight excluding hydrogens is 240 g/mol. The van der Waals surface area contributed by atoms with E-state index in [2.05, 4.69) is 15.4 Å². The first kappa shape index (κ1) is 11.6. The summed E-state index contributed by atoms with van der Waals surface area (Å²) >= 11 is 0. The van der Waals surface area contributed by atoms with Crippen LogP contribution in [0.25, 0.3) is 11.3 Å². The van der Waals surface area contributed by atoms with Gasteiger partial charge in [-0.1, -0.05) is 12.1 Å². The van der Waals surface area contributed by atoms with Crippen molar-refractivity contribution in [3.63, 3.8) is 0 Å². The molecule has 0 fully saturated rings. The number of aromatic amines is 1. The number of nitrogens with zero attached hydrogens (tertiary/aromatic N) is 1. The molecule has 0 saturated carbocycles. The highest BCUT2D eigenvalue weighted by Gasteiger charge is 2.07. The molecule has 1 aromatic carbocycles. The minimum atomic E-state index is -3.16. The Balaban J connectivity index is 2.35. The third-order valence-electron chi connectivity index (χ3n) is 2.31. The molecule has 0 aliphatic heterocycles. The van der Waals surface area contributed by atoms with Crippen molar-refractivity contribution in [1.29, 1.82) is 0 Å². The smallest absolute Gasteiger partial charge is 0.215 e. The van der Waals surface area contributed by atoms with Crippen molar-refractivity contribution >= 4 is 15.8 Å². The van der Waals surface area contributed by atoms with Crippen LogP contribution in [0.5, 0.6) is 0 Å². The summed E-state index contributed by atoms with van der Waals surface area (Å²) < 4.78 is 22.6. The van der Waals surface area contributed by atoms with Gasteiger partial charge < -0.3 is 4.98 Å². The second-order valence-corrected chi connectivity index (χ2v) is 5.60. The van der Waals surface area contributed by atoms with Gasteiger partial charge in [-0.2, -0.15) is 0 Å². The molecule has 0 bridgehead atoms. The fraction of sp³-hybridized carbons (Fsp3) is 0.100. The van der Waals surface area contributed by atoms with E-state index in [0.29, 0.717) is 5.95 Å². The van der Waals surface area contributed by atoms with Crippen LogP contribution in [0, 0.1) is 0 Å². The Kier molecular flexibility index (Phi) is 2.86. The molecule has 6 nitrogen and oxygen atoms in total. The van der Waals surface area contributed by atoms with Crippen molar-refractivity contribution in [2.45, 2.75) is 4.90 Å². The summed E-state index contributed by atoms with van der Waals surface area (Å²) in [5.74, 6) is 5.65. The molecule has 2 aromatic rings. The molecule has 2 rings (SSSR count). The summed E-state index contributed by atoms with van der Waals surface area (Å²) in [7, 11) is -3.16. The van der Waals surface area contributed by atoms with E-state index in [1.54, 1.807) is 30.5 Å². The second kappa shape index (κ2) is 4.19. The topological polar surface area (TPSA) is 101 Å². The molecule has 0 aliphatic carbocycles. The van der Waals surface area contributed by atoms with Crippen LogP contribution in [-0.4, -0.2) is 24.6 Å². The lowest BCUT2D eigenvalue weighted by Crippen LogP contribution is -2.07. The highest BCUT2D eigenvalue weighted by atomic mass is 32.2. The zero-order valence-corrected chi connectivity index (χ0v) is 9.95. The standard InChI is InChI=1S/C10H12N4O2S/c1-17(15,16)8-4-2-7(3-5-8)9-6-12-10(13-9)14-11/h2-6H,11H2,1H3,(H2,12,13,14). The van der Waals surface area contributed by atoms with Crippen LogP contribution in [0.4, 0.5) is 5.95 Å². The maximum Gasteiger partial charge on any atom is 0.215 e. The van der Waals surface area contributed by atoms with Gasteiger partial charge in [-0.15, -0.1) is 0 Å². The van der Waals surface area contributed by atoms with Crippen molar-refractivity contribution in [3.8, 4) is 11.3 Å². The Morgan fingerprint density at radius 3 is 2.41 bits per heavy atom. The first-order valence-corrected chi connectivity index (χ1v) is 6.72. The van der Waals surface area contributed by atoms with Gasteiger partial charge in [0.2, 0.25) is 5.95 Å². The van der Waals surface area contributed by atoms with Gasteiger partial charge in [-0.3, -0.25) is 5.43 Å². The molecule has 17 heavy (non-hydrogen) atoms. The summed E-state index contributed by atoms with van der Waals surface area (Å²) in [6.45, 7) is 0. The number of hydrogen-bond acceptors (Lipinski definition) is 5. The summed E-state index contributed by atoms with van der Waals surface area (Å²) in [5, 5.41) is 0. The molecule has 0 amide bonds. The number of hydrogen-bond donors (Lipinski definition) is 3. The first-order chi connectivity index (χ1) is 8.00. The Bertz CT molecular complexity index is 616. The Morgan fingerprint density at radius 2 is 1.94 bits per heavy atom. The van der Waals surface area contributed by atoms with Gasteiger partial charge in [0.05, 0.1) is 16.8 Å². The zero-order valence-electron chi connectivity index (χ0n) is 9.14. The predicted octanol–water partition coefficient (Wildman–Crippen LogP) is 0.766. The maximum atomic E-state index is 11.3. The summed E-state index contributed by atoms with van der Waals surface area (Å²) in [6, 6.07) is 6.54. The lowest BCUT2D eigenvalue weighted by Gasteiger charge is -2.00. The lowest BCUT2D eigenvalue weighted by molar-refractivity contribution is 0.602. The van der Waals surface area contributed by atoms with E-state index in [0.717, 1.165) is 11.3 Å². The fourth-order valence-electron chi connectivity index (χ4n) is 1.42. The third kappa shape index (κ3) is 2.45. The molecule has 1 aromatic heterocycles. The minimum Gasteiger partial charge on any atom is -0.323 e. The van der Waals surface area contributed by atoms with E-state index in [9.17, 15) is 8.42 Å². The van der Waals surface area contributed by atoms with E-state index >= 15 is 0 Å². The van der Waals surface area contributed by atoms with Crippen molar-refractivity contribution in [2.75, 3.05) is 11.7 Å². The largest absolute Gasteiger partial charge is 0.323 e. The second-order valence-electron chi connectivity index (χ2n) is 3.59. The number of aromatic nitrogens is 2. The number of imidazole rings is 1.